The standard InChI is InChI=1S/C23H38N4O2/c1-18(2)22(27-12-9-19-7-4-5-8-20(19)16-27)15-26-23(24-3)25-11-6-13-29-21-10-14-28-17-21/h4-5,7-8,18,21-22H,6,9-17H2,1-3H3,(H2,24,25,26). The number of rotatable bonds is 9. The van der Waals surface area contributed by atoms with Crippen LogP contribution in [0, 0.1) is 5.92 Å². The molecule has 2 N–H and O–H groups in total. The number of fused-ring (bicyclic) bond motifs is 1. The summed E-state index contributed by atoms with van der Waals surface area (Å²) in [6.07, 6.45) is 3.41. The van der Waals surface area contributed by atoms with Gasteiger partial charge in [0.05, 0.1) is 12.7 Å². The number of nitrogens with zero attached hydrogens (tertiary/aromatic N) is 2. The highest BCUT2D eigenvalue weighted by Crippen LogP contribution is 2.22. The van der Waals surface area contributed by atoms with Crippen LogP contribution in [0.2, 0.25) is 0 Å². The number of benzene rings is 1. The van der Waals surface area contributed by atoms with Crippen LogP contribution in [0.1, 0.15) is 37.8 Å². The number of aliphatic imine (C=N–C) groups is 1. The Morgan fingerprint density at radius 3 is 2.83 bits per heavy atom. The number of guanidine groups is 1. The Balaban J connectivity index is 1.40. The molecule has 6 nitrogen and oxygen atoms in total. The van der Waals surface area contributed by atoms with E-state index in [1.54, 1.807) is 0 Å². The summed E-state index contributed by atoms with van der Waals surface area (Å²) in [7, 11) is 1.84. The van der Waals surface area contributed by atoms with Gasteiger partial charge in [0.2, 0.25) is 0 Å². The van der Waals surface area contributed by atoms with Crippen LogP contribution < -0.4 is 10.6 Å². The Morgan fingerprint density at radius 2 is 2.10 bits per heavy atom. The summed E-state index contributed by atoms with van der Waals surface area (Å²) in [6.45, 7) is 10.9. The highest BCUT2D eigenvalue weighted by atomic mass is 16.5. The lowest BCUT2D eigenvalue weighted by Gasteiger charge is -2.38. The Kier molecular flexibility index (Phi) is 8.77. The minimum atomic E-state index is 0.286. The average Bonchev–Trinajstić information content (AvgIpc) is 3.25. The van der Waals surface area contributed by atoms with Gasteiger partial charge in [0.25, 0.3) is 0 Å². The third-order valence-corrected chi connectivity index (χ3v) is 5.96. The molecule has 1 saturated heterocycles. The molecule has 0 spiro atoms. The predicted molar refractivity (Wildman–Crippen MR) is 118 cm³/mol. The molecule has 0 bridgehead atoms. The minimum Gasteiger partial charge on any atom is -0.379 e. The highest BCUT2D eigenvalue weighted by Gasteiger charge is 2.25. The van der Waals surface area contributed by atoms with Crippen LogP contribution in [-0.2, 0) is 22.4 Å². The second-order valence-corrected chi connectivity index (χ2v) is 8.39. The SMILES string of the molecule is CN=C(NCCCOC1CCOC1)NCC(C(C)C)N1CCc2ccccc2C1. The molecule has 0 aromatic heterocycles. The van der Waals surface area contributed by atoms with Gasteiger partial charge in [-0.15, -0.1) is 0 Å². The van der Waals surface area contributed by atoms with Crippen LogP contribution in [-0.4, -0.2) is 69.5 Å². The summed E-state index contributed by atoms with van der Waals surface area (Å²) >= 11 is 0. The molecule has 0 amide bonds. The largest absolute Gasteiger partial charge is 0.379 e. The van der Waals surface area contributed by atoms with Gasteiger partial charge in [0, 0.05) is 52.5 Å². The Bertz CT molecular complexity index is 644. The number of hydrogen-bond donors (Lipinski definition) is 2. The van der Waals surface area contributed by atoms with E-state index < -0.39 is 0 Å². The van der Waals surface area contributed by atoms with Crippen molar-refractivity contribution in [1.29, 1.82) is 0 Å². The fourth-order valence-electron chi connectivity index (χ4n) is 4.18. The zero-order chi connectivity index (χ0) is 20.5. The molecule has 0 saturated carbocycles. The Hall–Kier alpha value is -1.63. The molecule has 3 rings (SSSR count). The molecule has 1 aromatic carbocycles. The molecule has 162 valence electrons. The van der Waals surface area contributed by atoms with E-state index in [9.17, 15) is 0 Å². The molecule has 2 aliphatic heterocycles. The third kappa shape index (κ3) is 6.69. The van der Waals surface area contributed by atoms with Crippen LogP contribution in [0.25, 0.3) is 0 Å². The van der Waals surface area contributed by atoms with E-state index in [2.05, 4.69) is 58.6 Å². The maximum Gasteiger partial charge on any atom is 0.191 e. The van der Waals surface area contributed by atoms with Gasteiger partial charge in [-0.3, -0.25) is 9.89 Å². The third-order valence-electron chi connectivity index (χ3n) is 5.96. The van der Waals surface area contributed by atoms with Crippen molar-refractivity contribution in [3.05, 3.63) is 35.4 Å². The normalized spacial score (nSPS) is 21.2. The minimum absolute atomic E-state index is 0.286. The number of hydrogen-bond acceptors (Lipinski definition) is 4. The Morgan fingerprint density at radius 1 is 1.28 bits per heavy atom. The molecule has 2 aliphatic rings. The maximum absolute atomic E-state index is 5.82. The van der Waals surface area contributed by atoms with E-state index in [4.69, 9.17) is 9.47 Å². The molecule has 2 atom stereocenters. The smallest absolute Gasteiger partial charge is 0.191 e. The van der Waals surface area contributed by atoms with Crippen molar-refractivity contribution in [3.8, 4) is 0 Å². The van der Waals surface area contributed by atoms with Crippen molar-refractivity contribution < 1.29 is 9.47 Å². The van der Waals surface area contributed by atoms with E-state index >= 15 is 0 Å². The summed E-state index contributed by atoms with van der Waals surface area (Å²) in [6, 6.07) is 9.32. The van der Waals surface area contributed by atoms with Gasteiger partial charge in [-0.25, -0.2) is 0 Å². The molecule has 1 fully saturated rings. The predicted octanol–water partition coefficient (Wildman–Crippen LogP) is 2.43. The first-order valence-electron chi connectivity index (χ1n) is 11.1. The van der Waals surface area contributed by atoms with Gasteiger partial charge < -0.3 is 20.1 Å². The van der Waals surface area contributed by atoms with Gasteiger partial charge in [-0.1, -0.05) is 38.1 Å². The van der Waals surface area contributed by atoms with Crippen LogP contribution >= 0.6 is 0 Å². The van der Waals surface area contributed by atoms with E-state index in [0.29, 0.717) is 12.0 Å². The van der Waals surface area contributed by atoms with Crippen LogP contribution in [0.15, 0.2) is 29.3 Å². The first-order chi connectivity index (χ1) is 14.2. The molecular weight excluding hydrogens is 364 g/mol. The van der Waals surface area contributed by atoms with E-state index in [1.165, 1.54) is 11.1 Å². The lowest BCUT2D eigenvalue weighted by molar-refractivity contribution is 0.0420. The maximum atomic E-state index is 5.82. The van der Waals surface area contributed by atoms with E-state index in [0.717, 1.165) is 71.2 Å². The molecule has 29 heavy (non-hydrogen) atoms. The highest BCUT2D eigenvalue weighted by molar-refractivity contribution is 5.79. The summed E-state index contributed by atoms with van der Waals surface area (Å²) < 4.78 is 11.2. The second kappa shape index (κ2) is 11.5. The van der Waals surface area contributed by atoms with Gasteiger partial charge in [-0.05, 0) is 36.3 Å². The van der Waals surface area contributed by atoms with Gasteiger partial charge in [0.15, 0.2) is 5.96 Å². The number of ether oxygens (including phenoxy) is 2. The van der Waals surface area contributed by atoms with Crippen molar-refractivity contribution in [2.24, 2.45) is 10.9 Å². The topological polar surface area (TPSA) is 58.1 Å². The first-order valence-corrected chi connectivity index (χ1v) is 11.1. The molecule has 0 aliphatic carbocycles. The molecule has 2 heterocycles. The van der Waals surface area contributed by atoms with Crippen LogP contribution in [0.5, 0.6) is 0 Å². The quantitative estimate of drug-likeness (QED) is 0.377. The fourth-order valence-corrected chi connectivity index (χ4v) is 4.18. The average molecular weight is 403 g/mol. The van der Waals surface area contributed by atoms with Gasteiger partial charge in [0.1, 0.15) is 0 Å². The van der Waals surface area contributed by atoms with Crippen LogP contribution in [0.4, 0.5) is 0 Å². The van der Waals surface area contributed by atoms with E-state index in [-0.39, 0.29) is 6.10 Å². The fraction of sp³-hybridized carbons (Fsp3) is 0.696. The van der Waals surface area contributed by atoms with Crippen molar-refractivity contribution in [3.63, 3.8) is 0 Å². The zero-order valence-corrected chi connectivity index (χ0v) is 18.3. The second-order valence-electron chi connectivity index (χ2n) is 8.39. The summed E-state index contributed by atoms with van der Waals surface area (Å²) in [5.41, 5.74) is 2.97. The lowest BCUT2D eigenvalue weighted by Crippen LogP contribution is -2.50. The first kappa shape index (κ1) is 22.1. The summed E-state index contributed by atoms with van der Waals surface area (Å²) in [5, 5.41) is 6.96. The molecule has 6 heteroatoms. The molecule has 0 radical (unpaired) electrons. The van der Waals surface area contributed by atoms with Crippen molar-refractivity contribution in [2.75, 3.05) is 46.5 Å². The summed E-state index contributed by atoms with van der Waals surface area (Å²) in [4.78, 5) is 7.01. The molecule has 2 unspecified atom stereocenters. The summed E-state index contributed by atoms with van der Waals surface area (Å²) in [5.74, 6) is 1.45. The number of nitrogens with one attached hydrogen (secondary N) is 2. The van der Waals surface area contributed by atoms with Gasteiger partial charge >= 0.3 is 0 Å². The molecule has 1 aromatic rings. The lowest BCUT2D eigenvalue weighted by atomic mass is 9.95. The van der Waals surface area contributed by atoms with Gasteiger partial charge in [-0.2, -0.15) is 0 Å². The van der Waals surface area contributed by atoms with Crippen molar-refractivity contribution >= 4 is 5.96 Å². The van der Waals surface area contributed by atoms with Crippen molar-refractivity contribution in [1.82, 2.24) is 15.5 Å². The zero-order valence-electron chi connectivity index (χ0n) is 18.3. The van der Waals surface area contributed by atoms with Crippen LogP contribution in [0.3, 0.4) is 0 Å². The Labute approximate surface area is 176 Å². The van der Waals surface area contributed by atoms with E-state index in [1.807, 2.05) is 7.05 Å². The monoisotopic (exact) mass is 402 g/mol. The van der Waals surface area contributed by atoms with Crippen molar-refractivity contribution in [2.45, 2.75) is 51.8 Å². The molecular formula is C23H38N4O2.